The van der Waals surface area contributed by atoms with E-state index in [0.717, 1.165) is 37.3 Å². The zero-order valence-corrected chi connectivity index (χ0v) is 17.0. The van der Waals surface area contributed by atoms with Crippen molar-refractivity contribution < 1.29 is 13.2 Å². The maximum Gasteiger partial charge on any atom is 0.223 e. The van der Waals surface area contributed by atoms with E-state index in [9.17, 15) is 13.2 Å². The first-order chi connectivity index (χ1) is 12.8. The van der Waals surface area contributed by atoms with Gasteiger partial charge in [0.25, 0.3) is 0 Å². The average molecular weight is 396 g/mol. The average Bonchev–Trinajstić information content (AvgIpc) is 2.98. The Hall–Kier alpha value is -1.74. The van der Waals surface area contributed by atoms with Gasteiger partial charge in [0.05, 0.1) is 11.5 Å². The Bertz CT molecular complexity index is 755. The molecule has 0 aliphatic carbocycles. The van der Waals surface area contributed by atoms with Crippen molar-refractivity contribution in [1.29, 1.82) is 0 Å². The summed E-state index contributed by atoms with van der Waals surface area (Å²) in [5, 5.41) is 3.18. The number of anilines is 1. The summed E-state index contributed by atoms with van der Waals surface area (Å²) in [6, 6.07) is 2.06. The van der Waals surface area contributed by atoms with Crippen LogP contribution >= 0.6 is 0 Å². The number of carbonyl (C=O) groups excluding carboxylic acids is 1. The van der Waals surface area contributed by atoms with E-state index < -0.39 is 9.84 Å². The maximum absolute atomic E-state index is 12.4. The summed E-state index contributed by atoms with van der Waals surface area (Å²) >= 11 is 0. The summed E-state index contributed by atoms with van der Waals surface area (Å²) in [5.41, 5.74) is 1.85. The smallest absolute Gasteiger partial charge is 0.223 e. The Kier molecular flexibility index (Phi) is 6.31. The van der Waals surface area contributed by atoms with Gasteiger partial charge in [-0.2, -0.15) is 0 Å². The molecule has 1 atom stereocenters. The van der Waals surface area contributed by atoms with Crippen LogP contribution in [-0.2, 0) is 14.6 Å². The van der Waals surface area contributed by atoms with E-state index in [4.69, 9.17) is 0 Å². The van der Waals surface area contributed by atoms with Gasteiger partial charge in [0, 0.05) is 56.6 Å². The molecular formula is C18H29N5O3S. The molecule has 0 aromatic carbocycles. The number of nitrogens with zero attached hydrogens (tertiary/aromatic N) is 4. The van der Waals surface area contributed by atoms with E-state index in [1.807, 2.05) is 24.8 Å². The minimum atomic E-state index is -2.86. The molecule has 1 N–H and O–H groups in total. The molecule has 2 aliphatic rings. The number of hydrogen-bond donors (Lipinski definition) is 1. The van der Waals surface area contributed by atoms with E-state index in [2.05, 4.69) is 20.2 Å². The summed E-state index contributed by atoms with van der Waals surface area (Å²) in [6.07, 6.45) is 1.95. The zero-order valence-electron chi connectivity index (χ0n) is 16.1. The van der Waals surface area contributed by atoms with Crippen LogP contribution in [0.3, 0.4) is 0 Å². The van der Waals surface area contributed by atoms with Gasteiger partial charge in [-0.1, -0.05) is 0 Å². The molecule has 3 rings (SSSR count). The lowest BCUT2D eigenvalue weighted by Crippen LogP contribution is -2.52. The Morgan fingerprint density at radius 2 is 1.85 bits per heavy atom. The van der Waals surface area contributed by atoms with Crippen molar-refractivity contribution >= 4 is 21.7 Å². The van der Waals surface area contributed by atoms with Crippen LogP contribution in [0.25, 0.3) is 0 Å². The van der Waals surface area contributed by atoms with Crippen LogP contribution in [0.15, 0.2) is 6.07 Å². The molecule has 27 heavy (non-hydrogen) atoms. The van der Waals surface area contributed by atoms with Crippen molar-refractivity contribution in [2.45, 2.75) is 39.2 Å². The van der Waals surface area contributed by atoms with Gasteiger partial charge in [-0.15, -0.1) is 0 Å². The number of hydrogen-bond acceptors (Lipinski definition) is 7. The standard InChI is InChI=1S/C18H29N5O3S/c1-14-12-15(2)21-18(20-14)19-6-3-4-17(24)23-9-7-22(8-10-23)16-5-11-27(25,26)13-16/h12,16H,3-11,13H2,1-2H3,(H,19,20,21)/t16-/m1/s1. The van der Waals surface area contributed by atoms with Gasteiger partial charge < -0.3 is 10.2 Å². The third kappa shape index (κ3) is 5.62. The third-order valence-corrected chi connectivity index (χ3v) is 6.97. The van der Waals surface area contributed by atoms with E-state index in [0.29, 0.717) is 37.8 Å². The summed E-state index contributed by atoms with van der Waals surface area (Å²) < 4.78 is 23.3. The quantitative estimate of drug-likeness (QED) is 0.705. The highest BCUT2D eigenvalue weighted by atomic mass is 32.2. The molecule has 1 amide bonds. The minimum absolute atomic E-state index is 0.134. The van der Waals surface area contributed by atoms with E-state index in [1.54, 1.807) is 0 Å². The van der Waals surface area contributed by atoms with Crippen LogP contribution in [0, 0.1) is 13.8 Å². The highest BCUT2D eigenvalue weighted by molar-refractivity contribution is 7.91. The molecule has 0 radical (unpaired) electrons. The molecule has 1 aromatic rings. The molecule has 2 fully saturated rings. The largest absolute Gasteiger partial charge is 0.354 e. The minimum Gasteiger partial charge on any atom is -0.354 e. The summed E-state index contributed by atoms with van der Waals surface area (Å²) in [4.78, 5) is 25.2. The molecule has 1 aromatic heterocycles. The molecular weight excluding hydrogens is 366 g/mol. The summed E-state index contributed by atoms with van der Waals surface area (Å²) in [7, 11) is -2.86. The normalized spacial score (nSPS) is 22.7. The lowest BCUT2D eigenvalue weighted by atomic mass is 10.2. The van der Waals surface area contributed by atoms with Gasteiger partial charge in [-0.05, 0) is 32.8 Å². The Morgan fingerprint density at radius 3 is 2.44 bits per heavy atom. The molecule has 0 unspecified atom stereocenters. The fourth-order valence-corrected chi connectivity index (χ4v) is 5.56. The number of carbonyl (C=O) groups is 1. The maximum atomic E-state index is 12.4. The zero-order chi connectivity index (χ0) is 19.4. The second kappa shape index (κ2) is 8.52. The fourth-order valence-electron chi connectivity index (χ4n) is 3.80. The molecule has 2 saturated heterocycles. The van der Waals surface area contributed by atoms with Gasteiger partial charge in [0.1, 0.15) is 0 Å². The van der Waals surface area contributed by atoms with E-state index in [-0.39, 0.29) is 17.7 Å². The first kappa shape index (κ1) is 20.0. The predicted molar refractivity (Wildman–Crippen MR) is 104 cm³/mol. The van der Waals surface area contributed by atoms with Crippen molar-refractivity contribution in [3.05, 3.63) is 17.5 Å². The molecule has 0 saturated carbocycles. The Balaban J connectivity index is 1.36. The van der Waals surface area contributed by atoms with Crippen molar-refractivity contribution in [2.24, 2.45) is 0 Å². The van der Waals surface area contributed by atoms with Crippen molar-refractivity contribution in [3.8, 4) is 0 Å². The number of rotatable bonds is 6. The molecule has 8 nitrogen and oxygen atoms in total. The van der Waals surface area contributed by atoms with Crippen LogP contribution in [0.4, 0.5) is 5.95 Å². The second-order valence-electron chi connectivity index (χ2n) is 7.48. The third-order valence-electron chi connectivity index (χ3n) is 5.22. The van der Waals surface area contributed by atoms with Gasteiger partial charge in [-0.3, -0.25) is 9.69 Å². The number of nitrogens with one attached hydrogen (secondary N) is 1. The molecule has 0 bridgehead atoms. The highest BCUT2D eigenvalue weighted by Gasteiger charge is 2.34. The number of piperazine rings is 1. The van der Waals surface area contributed by atoms with Crippen LogP contribution < -0.4 is 5.32 Å². The van der Waals surface area contributed by atoms with Crippen LogP contribution in [0.5, 0.6) is 0 Å². The van der Waals surface area contributed by atoms with Gasteiger partial charge >= 0.3 is 0 Å². The van der Waals surface area contributed by atoms with Gasteiger partial charge in [0.2, 0.25) is 11.9 Å². The number of amides is 1. The molecule has 150 valence electrons. The lowest BCUT2D eigenvalue weighted by Gasteiger charge is -2.37. The van der Waals surface area contributed by atoms with Gasteiger partial charge in [-0.25, -0.2) is 18.4 Å². The first-order valence-corrected chi connectivity index (χ1v) is 11.4. The van der Waals surface area contributed by atoms with Crippen molar-refractivity contribution in [3.63, 3.8) is 0 Å². The number of aryl methyl sites for hydroxylation is 2. The van der Waals surface area contributed by atoms with Gasteiger partial charge in [0.15, 0.2) is 9.84 Å². The van der Waals surface area contributed by atoms with E-state index >= 15 is 0 Å². The monoisotopic (exact) mass is 395 g/mol. The number of sulfone groups is 1. The van der Waals surface area contributed by atoms with Crippen molar-refractivity contribution in [1.82, 2.24) is 19.8 Å². The van der Waals surface area contributed by atoms with Crippen LogP contribution in [0.1, 0.15) is 30.7 Å². The fraction of sp³-hybridized carbons (Fsp3) is 0.722. The van der Waals surface area contributed by atoms with E-state index in [1.165, 1.54) is 0 Å². The summed E-state index contributed by atoms with van der Waals surface area (Å²) in [5.74, 6) is 1.35. The Labute approximate surface area is 161 Å². The first-order valence-electron chi connectivity index (χ1n) is 9.61. The van der Waals surface area contributed by atoms with Crippen LogP contribution in [0.2, 0.25) is 0 Å². The molecule has 9 heteroatoms. The number of aromatic nitrogens is 2. The molecule has 2 aliphatic heterocycles. The summed E-state index contributed by atoms with van der Waals surface area (Å²) in [6.45, 7) is 7.43. The highest BCUT2D eigenvalue weighted by Crippen LogP contribution is 2.19. The topological polar surface area (TPSA) is 95.5 Å². The molecule has 3 heterocycles. The lowest BCUT2D eigenvalue weighted by molar-refractivity contribution is -0.133. The predicted octanol–water partition coefficient (Wildman–Crippen LogP) is 0.617. The second-order valence-corrected chi connectivity index (χ2v) is 9.71. The van der Waals surface area contributed by atoms with Crippen molar-refractivity contribution in [2.75, 3.05) is 49.5 Å². The molecule has 0 spiro atoms. The van der Waals surface area contributed by atoms with Crippen LogP contribution in [-0.4, -0.2) is 84.4 Å². The Morgan fingerprint density at radius 1 is 1.19 bits per heavy atom. The SMILES string of the molecule is Cc1cc(C)nc(NCCCC(=O)N2CCN([C@@H]3CCS(=O)(=O)C3)CC2)n1.